The minimum Gasteiger partial charge on any atom is -0.341 e. The molecule has 0 bridgehead atoms. The van der Waals surface area contributed by atoms with Crippen LogP contribution < -0.4 is 4.90 Å². The molecule has 3 heterocycles. The lowest BCUT2D eigenvalue weighted by molar-refractivity contribution is -0.130. The first kappa shape index (κ1) is 17.6. The summed E-state index contributed by atoms with van der Waals surface area (Å²) in [7, 11) is 0. The third-order valence-corrected chi connectivity index (χ3v) is 5.01. The molecule has 1 atom stereocenters. The van der Waals surface area contributed by atoms with Gasteiger partial charge in [0, 0.05) is 51.9 Å². The van der Waals surface area contributed by atoms with Crippen molar-refractivity contribution < 1.29 is 9.59 Å². The summed E-state index contributed by atoms with van der Waals surface area (Å²) in [6.45, 7) is 9.87. The predicted molar refractivity (Wildman–Crippen MR) is 95.5 cm³/mol. The Kier molecular flexibility index (Phi) is 5.20. The molecule has 136 valence electrons. The highest BCUT2D eigenvalue weighted by atomic mass is 16.2. The lowest BCUT2D eigenvalue weighted by Crippen LogP contribution is -2.50. The molecule has 3 rings (SSSR count). The number of anilines is 1. The Morgan fingerprint density at radius 1 is 1.08 bits per heavy atom. The summed E-state index contributed by atoms with van der Waals surface area (Å²) >= 11 is 0. The summed E-state index contributed by atoms with van der Waals surface area (Å²) in [5, 5.41) is 0. The topological polar surface area (TPSA) is 69.6 Å². The number of carbonyl (C=O) groups is 2. The number of aromatic nitrogens is 2. The van der Waals surface area contributed by atoms with Gasteiger partial charge in [-0.3, -0.25) is 9.59 Å². The van der Waals surface area contributed by atoms with E-state index in [1.807, 2.05) is 6.92 Å². The Labute approximate surface area is 149 Å². The van der Waals surface area contributed by atoms with E-state index in [-0.39, 0.29) is 11.8 Å². The second-order valence-electron chi connectivity index (χ2n) is 7.19. The van der Waals surface area contributed by atoms with Crippen molar-refractivity contribution >= 4 is 17.8 Å². The number of piperazine rings is 1. The smallest absolute Gasteiger partial charge is 0.272 e. The van der Waals surface area contributed by atoms with Crippen LogP contribution in [0.25, 0.3) is 0 Å². The van der Waals surface area contributed by atoms with Crippen molar-refractivity contribution in [2.45, 2.75) is 33.6 Å². The van der Waals surface area contributed by atoms with Crippen LogP contribution in [0.3, 0.4) is 0 Å². The molecule has 7 heteroatoms. The van der Waals surface area contributed by atoms with Crippen LogP contribution >= 0.6 is 0 Å². The Hall–Kier alpha value is -2.18. The number of hydrogen-bond acceptors (Lipinski definition) is 5. The van der Waals surface area contributed by atoms with Gasteiger partial charge in [-0.05, 0) is 31.7 Å². The zero-order chi connectivity index (χ0) is 18.0. The minimum absolute atomic E-state index is 0.0616. The van der Waals surface area contributed by atoms with Crippen LogP contribution in [-0.2, 0) is 4.79 Å². The number of piperidine rings is 1. The second-order valence-corrected chi connectivity index (χ2v) is 7.19. The fourth-order valence-electron chi connectivity index (χ4n) is 3.56. The quantitative estimate of drug-likeness (QED) is 0.809. The Morgan fingerprint density at radius 3 is 2.40 bits per heavy atom. The third kappa shape index (κ3) is 4.08. The lowest BCUT2D eigenvalue weighted by atomic mass is 10.0. The highest BCUT2D eigenvalue weighted by Gasteiger charge is 2.26. The molecule has 0 aromatic carbocycles. The molecule has 0 N–H and O–H groups in total. The normalized spacial score (nSPS) is 21.4. The summed E-state index contributed by atoms with van der Waals surface area (Å²) in [6, 6.07) is 1.76. The first-order valence-corrected chi connectivity index (χ1v) is 9.09. The fraction of sp³-hybridized carbons (Fsp3) is 0.667. The van der Waals surface area contributed by atoms with E-state index in [4.69, 9.17) is 0 Å². The molecule has 2 aliphatic heterocycles. The second kappa shape index (κ2) is 7.37. The van der Waals surface area contributed by atoms with Crippen LogP contribution in [-0.4, -0.2) is 70.9 Å². The highest BCUT2D eigenvalue weighted by molar-refractivity contribution is 5.93. The number of carbonyl (C=O) groups excluding carboxylic acids is 2. The van der Waals surface area contributed by atoms with Gasteiger partial charge in [0.15, 0.2) is 0 Å². The van der Waals surface area contributed by atoms with Crippen LogP contribution in [0.15, 0.2) is 6.07 Å². The van der Waals surface area contributed by atoms with E-state index in [2.05, 4.69) is 21.8 Å². The van der Waals surface area contributed by atoms with Crippen molar-refractivity contribution in [1.82, 2.24) is 19.8 Å². The van der Waals surface area contributed by atoms with Crippen molar-refractivity contribution in [3.05, 3.63) is 17.5 Å². The van der Waals surface area contributed by atoms with Gasteiger partial charge < -0.3 is 14.7 Å². The van der Waals surface area contributed by atoms with Gasteiger partial charge in [0.25, 0.3) is 5.91 Å². The van der Waals surface area contributed by atoms with Gasteiger partial charge in [0.1, 0.15) is 5.69 Å². The maximum absolute atomic E-state index is 12.8. The fourth-order valence-corrected chi connectivity index (χ4v) is 3.56. The molecule has 25 heavy (non-hydrogen) atoms. The summed E-state index contributed by atoms with van der Waals surface area (Å²) in [5.41, 5.74) is 1.27. The van der Waals surface area contributed by atoms with Gasteiger partial charge in [0.2, 0.25) is 11.9 Å². The van der Waals surface area contributed by atoms with E-state index in [1.165, 1.54) is 6.42 Å². The van der Waals surface area contributed by atoms with Gasteiger partial charge in [-0.2, -0.15) is 0 Å². The number of nitrogens with zero attached hydrogens (tertiary/aromatic N) is 5. The average Bonchev–Trinajstić information content (AvgIpc) is 2.60. The molecule has 1 unspecified atom stereocenters. The number of rotatable bonds is 2. The van der Waals surface area contributed by atoms with Crippen molar-refractivity contribution in [2.75, 3.05) is 44.2 Å². The van der Waals surface area contributed by atoms with E-state index in [0.717, 1.165) is 25.2 Å². The standard InChI is InChI=1S/C18H27N5O2/c1-13-5-4-6-23(12-13)18-19-14(2)11-16(20-18)17(25)22-9-7-21(8-10-22)15(3)24/h11,13H,4-10,12H2,1-3H3. The molecule has 0 saturated carbocycles. The van der Waals surface area contributed by atoms with E-state index < -0.39 is 0 Å². The molecule has 2 aliphatic rings. The zero-order valence-corrected chi connectivity index (χ0v) is 15.4. The van der Waals surface area contributed by atoms with Gasteiger partial charge in [-0.25, -0.2) is 9.97 Å². The van der Waals surface area contributed by atoms with E-state index >= 15 is 0 Å². The zero-order valence-electron chi connectivity index (χ0n) is 15.4. The first-order valence-electron chi connectivity index (χ1n) is 9.09. The van der Waals surface area contributed by atoms with Crippen LogP contribution in [0.4, 0.5) is 5.95 Å². The molecule has 2 amide bonds. The van der Waals surface area contributed by atoms with E-state index in [9.17, 15) is 9.59 Å². The monoisotopic (exact) mass is 345 g/mol. The largest absolute Gasteiger partial charge is 0.341 e. The molecule has 0 radical (unpaired) electrons. The Bertz CT molecular complexity index is 655. The number of hydrogen-bond donors (Lipinski definition) is 0. The van der Waals surface area contributed by atoms with Crippen molar-refractivity contribution in [2.24, 2.45) is 5.92 Å². The van der Waals surface area contributed by atoms with Crippen LogP contribution in [0.2, 0.25) is 0 Å². The maximum Gasteiger partial charge on any atom is 0.272 e. The Balaban J connectivity index is 1.73. The molecular formula is C18H27N5O2. The van der Waals surface area contributed by atoms with Crippen molar-refractivity contribution in [3.63, 3.8) is 0 Å². The Morgan fingerprint density at radius 2 is 1.76 bits per heavy atom. The van der Waals surface area contributed by atoms with Crippen molar-refractivity contribution in [3.8, 4) is 0 Å². The van der Waals surface area contributed by atoms with Crippen molar-refractivity contribution in [1.29, 1.82) is 0 Å². The van der Waals surface area contributed by atoms with Gasteiger partial charge in [-0.15, -0.1) is 0 Å². The van der Waals surface area contributed by atoms with Gasteiger partial charge in [-0.1, -0.05) is 6.92 Å². The molecular weight excluding hydrogens is 318 g/mol. The molecule has 2 fully saturated rings. The molecule has 1 aromatic heterocycles. The molecule has 2 saturated heterocycles. The predicted octanol–water partition coefficient (Wildman–Crippen LogP) is 1.33. The number of amides is 2. The van der Waals surface area contributed by atoms with E-state index in [1.54, 1.807) is 22.8 Å². The maximum atomic E-state index is 12.8. The molecule has 7 nitrogen and oxygen atoms in total. The number of aryl methyl sites for hydroxylation is 1. The van der Waals surface area contributed by atoms with Crippen LogP contribution in [0, 0.1) is 12.8 Å². The lowest BCUT2D eigenvalue weighted by Gasteiger charge is -2.34. The van der Waals surface area contributed by atoms with E-state index in [0.29, 0.717) is 43.7 Å². The molecule has 0 aliphatic carbocycles. The summed E-state index contributed by atoms with van der Waals surface area (Å²) in [5.74, 6) is 1.28. The third-order valence-electron chi connectivity index (χ3n) is 5.01. The summed E-state index contributed by atoms with van der Waals surface area (Å²) in [6.07, 6.45) is 2.36. The van der Waals surface area contributed by atoms with Gasteiger partial charge in [0.05, 0.1) is 0 Å². The first-order chi connectivity index (χ1) is 11.9. The van der Waals surface area contributed by atoms with Gasteiger partial charge >= 0.3 is 0 Å². The van der Waals surface area contributed by atoms with Crippen LogP contribution in [0.1, 0.15) is 42.9 Å². The summed E-state index contributed by atoms with van der Waals surface area (Å²) in [4.78, 5) is 39.1. The SMILES string of the molecule is CC(=O)N1CCN(C(=O)c2cc(C)nc(N3CCCC(C)C3)n2)CC1. The highest BCUT2D eigenvalue weighted by Crippen LogP contribution is 2.21. The van der Waals surface area contributed by atoms with Crippen LogP contribution in [0.5, 0.6) is 0 Å². The average molecular weight is 345 g/mol. The minimum atomic E-state index is -0.0694. The molecule has 0 spiro atoms. The summed E-state index contributed by atoms with van der Waals surface area (Å²) < 4.78 is 0. The molecule has 1 aromatic rings.